The second kappa shape index (κ2) is 5.99. The van der Waals surface area contributed by atoms with Gasteiger partial charge in [-0.3, -0.25) is 4.79 Å². The lowest BCUT2D eigenvalue weighted by atomic mass is 9.84. The monoisotopic (exact) mass is 283 g/mol. The number of hydrogen-bond donors (Lipinski definition) is 3. The SMILES string of the molecule is CCC(C)(CNC(=O)NC1CN2CCC1CC2)C(=O)O. The summed E-state index contributed by atoms with van der Waals surface area (Å²) in [5.41, 5.74) is -0.896. The van der Waals surface area contributed by atoms with Crippen LogP contribution in [0.25, 0.3) is 0 Å². The Balaban J connectivity index is 1.80. The summed E-state index contributed by atoms with van der Waals surface area (Å²) in [6, 6.07) is -0.0418. The second-order valence-electron chi connectivity index (χ2n) is 6.29. The summed E-state index contributed by atoms with van der Waals surface area (Å²) in [4.78, 5) is 25.5. The van der Waals surface area contributed by atoms with Gasteiger partial charge in [0, 0.05) is 19.1 Å². The van der Waals surface area contributed by atoms with Gasteiger partial charge in [0.25, 0.3) is 0 Å². The normalized spacial score (nSPS) is 31.4. The molecule has 0 aromatic heterocycles. The number of piperidine rings is 3. The first kappa shape index (κ1) is 15.1. The Morgan fingerprint density at radius 1 is 1.35 bits per heavy atom. The highest BCUT2D eigenvalue weighted by atomic mass is 16.4. The van der Waals surface area contributed by atoms with Gasteiger partial charge in [-0.05, 0) is 45.2 Å². The van der Waals surface area contributed by atoms with Crippen LogP contribution in [0.5, 0.6) is 0 Å². The maximum atomic E-state index is 11.9. The van der Waals surface area contributed by atoms with Gasteiger partial charge >= 0.3 is 12.0 Å². The van der Waals surface area contributed by atoms with E-state index in [0.29, 0.717) is 12.3 Å². The van der Waals surface area contributed by atoms with E-state index in [1.807, 2.05) is 6.92 Å². The lowest BCUT2D eigenvalue weighted by molar-refractivity contribution is -0.147. The molecule has 2 unspecified atom stereocenters. The summed E-state index contributed by atoms with van der Waals surface area (Å²) in [7, 11) is 0. The van der Waals surface area contributed by atoms with Crippen LogP contribution in [-0.4, -0.2) is 54.2 Å². The van der Waals surface area contributed by atoms with Crippen LogP contribution in [0.1, 0.15) is 33.1 Å². The number of hydrogen-bond acceptors (Lipinski definition) is 3. The third-order valence-corrected chi connectivity index (χ3v) is 4.91. The maximum Gasteiger partial charge on any atom is 0.315 e. The van der Waals surface area contributed by atoms with E-state index in [9.17, 15) is 14.7 Å². The van der Waals surface area contributed by atoms with Crippen LogP contribution in [0.4, 0.5) is 4.79 Å². The summed E-state index contributed by atoms with van der Waals surface area (Å²) in [6.45, 7) is 6.83. The average molecular weight is 283 g/mol. The standard InChI is InChI=1S/C14H25N3O3/c1-3-14(2,12(18)19)9-15-13(20)16-11-8-17-6-4-10(11)5-7-17/h10-11H,3-9H2,1-2H3,(H,18,19)(H2,15,16,20). The van der Waals surface area contributed by atoms with E-state index in [4.69, 9.17) is 0 Å². The Morgan fingerprint density at radius 2 is 2.00 bits per heavy atom. The van der Waals surface area contributed by atoms with Crippen molar-refractivity contribution in [3.8, 4) is 0 Å². The lowest BCUT2D eigenvalue weighted by Gasteiger charge is -2.44. The molecule has 0 aromatic carbocycles. The highest BCUT2D eigenvalue weighted by molar-refractivity contribution is 5.78. The molecule has 3 aliphatic rings. The molecule has 3 rings (SSSR count). The van der Waals surface area contributed by atoms with Crippen LogP contribution in [-0.2, 0) is 4.79 Å². The number of amides is 2. The van der Waals surface area contributed by atoms with Crippen molar-refractivity contribution in [2.24, 2.45) is 11.3 Å². The molecule has 0 saturated carbocycles. The summed E-state index contributed by atoms with van der Waals surface area (Å²) >= 11 is 0. The van der Waals surface area contributed by atoms with Crippen molar-refractivity contribution in [1.82, 2.24) is 15.5 Å². The van der Waals surface area contributed by atoms with Crippen molar-refractivity contribution in [1.29, 1.82) is 0 Å². The summed E-state index contributed by atoms with van der Waals surface area (Å²) < 4.78 is 0. The van der Waals surface area contributed by atoms with Crippen LogP contribution in [0.3, 0.4) is 0 Å². The smallest absolute Gasteiger partial charge is 0.315 e. The Bertz CT molecular complexity index is 380. The molecule has 2 amide bonds. The quantitative estimate of drug-likeness (QED) is 0.699. The first-order valence-corrected chi connectivity index (χ1v) is 7.45. The molecule has 0 aromatic rings. The fourth-order valence-electron chi connectivity index (χ4n) is 2.98. The van der Waals surface area contributed by atoms with Crippen LogP contribution < -0.4 is 10.6 Å². The van der Waals surface area contributed by atoms with Crippen molar-refractivity contribution in [2.45, 2.75) is 39.2 Å². The van der Waals surface area contributed by atoms with Gasteiger partial charge in [-0.15, -0.1) is 0 Å². The molecule has 3 aliphatic heterocycles. The molecule has 3 fully saturated rings. The average Bonchev–Trinajstić information content (AvgIpc) is 2.46. The van der Waals surface area contributed by atoms with E-state index in [1.165, 1.54) is 0 Å². The van der Waals surface area contributed by atoms with E-state index in [2.05, 4.69) is 15.5 Å². The van der Waals surface area contributed by atoms with E-state index >= 15 is 0 Å². The van der Waals surface area contributed by atoms with Crippen molar-refractivity contribution in [3.05, 3.63) is 0 Å². The number of nitrogens with zero attached hydrogens (tertiary/aromatic N) is 1. The number of fused-ring (bicyclic) bond motifs is 3. The Morgan fingerprint density at radius 3 is 2.45 bits per heavy atom. The van der Waals surface area contributed by atoms with Gasteiger partial charge in [-0.1, -0.05) is 6.92 Å². The van der Waals surface area contributed by atoms with Gasteiger partial charge in [-0.2, -0.15) is 0 Å². The molecule has 0 spiro atoms. The molecular weight excluding hydrogens is 258 g/mol. The van der Waals surface area contributed by atoms with Crippen LogP contribution >= 0.6 is 0 Å². The third-order valence-electron chi connectivity index (χ3n) is 4.91. The summed E-state index contributed by atoms with van der Waals surface area (Å²) in [5.74, 6) is -0.300. The molecule has 3 saturated heterocycles. The van der Waals surface area contributed by atoms with Crippen molar-refractivity contribution in [3.63, 3.8) is 0 Å². The van der Waals surface area contributed by atoms with Crippen molar-refractivity contribution in [2.75, 3.05) is 26.2 Å². The van der Waals surface area contributed by atoms with E-state index < -0.39 is 11.4 Å². The van der Waals surface area contributed by atoms with Gasteiger partial charge in [0.2, 0.25) is 0 Å². The third kappa shape index (κ3) is 3.23. The van der Waals surface area contributed by atoms with Crippen LogP contribution in [0.2, 0.25) is 0 Å². The number of carboxylic acids is 1. The van der Waals surface area contributed by atoms with E-state index in [0.717, 1.165) is 32.5 Å². The minimum atomic E-state index is -0.896. The van der Waals surface area contributed by atoms with Gasteiger partial charge in [0.15, 0.2) is 0 Å². The van der Waals surface area contributed by atoms with Gasteiger partial charge in [-0.25, -0.2) is 4.79 Å². The molecule has 0 radical (unpaired) electrons. The predicted molar refractivity (Wildman–Crippen MR) is 75.5 cm³/mol. The maximum absolute atomic E-state index is 11.9. The zero-order valence-corrected chi connectivity index (χ0v) is 12.3. The molecule has 114 valence electrons. The van der Waals surface area contributed by atoms with E-state index in [1.54, 1.807) is 6.92 Å². The molecule has 20 heavy (non-hydrogen) atoms. The number of aliphatic carboxylic acids is 1. The first-order chi connectivity index (χ1) is 9.44. The Kier molecular flexibility index (Phi) is 4.52. The first-order valence-electron chi connectivity index (χ1n) is 7.45. The fraction of sp³-hybridized carbons (Fsp3) is 0.857. The highest BCUT2D eigenvalue weighted by Gasteiger charge is 2.36. The largest absolute Gasteiger partial charge is 0.481 e. The van der Waals surface area contributed by atoms with Crippen LogP contribution in [0, 0.1) is 11.3 Å². The number of nitrogens with one attached hydrogen (secondary N) is 2. The number of urea groups is 1. The van der Waals surface area contributed by atoms with Crippen molar-refractivity contribution < 1.29 is 14.7 Å². The lowest BCUT2D eigenvalue weighted by Crippen LogP contribution is -2.59. The zero-order valence-electron chi connectivity index (χ0n) is 12.3. The minimum absolute atomic E-state index is 0.158. The van der Waals surface area contributed by atoms with Gasteiger partial charge < -0.3 is 20.6 Å². The molecule has 6 heteroatoms. The fourth-order valence-corrected chi connectivity index (χ4v) is 2.98. The Hall–Kier alpha value is -1.30. The predicted octanol–water partition coefficient (Wildman–Crippen LogP) is 0.881. The topological polar surface area (TPSA) is 81.7 Å². The van der Waals surface area contributed by atoms with Gasteiger partial charge in [0.05, 0.1) is 5.41 Å². The number of carbonyl (C=O) groups excluding carboxylic acids is 1. The minimum Gasteiger partial charge on any atom is -0.481 e. The molecular formula is C14H25N3O3. The van der Waals surface area contributed by atoms with Crippen molar-refractivity contribution >= 4 is 12.0 Å². The molecule has 3 N–H and O–H groups in total. The molecule has 2 bridgehead atoms. The summed E-state index contributed by atoms with van der Waals surface area (Å²) in [5, 5.41) is 14.9. The number of carboxylic acid groups (broad SMARTS) is 1. The number of rotatable bonds is 5. The molecule has 0 aliphatic carbocycles. The second-order valence-corrected chi connectivity index (χ2v) is 6.29. The molecule has 6 nitrogen and oxygen atoms in total. The molecule has 3 heterocycles. The molecule has 2 atom stereocenters. The van der Waals surface area contributed by atoms with Crippen LogP contribution in [0.15, 0.2) is 0 Å². The summed E-state index contributed by atoms with van der Waals surface area (Å²) in [6.07, 6.45) is 2.78. The highest BCUT2D eigenvalue weighted by Crippen LogP contribution is 2.27. The number of carbonyl (C=O) groups is 2. The van der Waals surface area contributed by atoms with E-state index in [-0.39, 0.29) is 18.6 Å². The Labute approximate surface area is 119 Å². The van der Waals surface area contributed by atoms with Gasteiger partial charge in [0.1, 0.15) is 0 Å². The zero-order chi connectivity index (χ0) is 14.8.